The van der Waals surface area contributed by atoms with Crippen LogP contribution in [0.3, 0.4) is 0 Å². The summed E-state index contributed by atoms with van der Waals surface area (Å²) in [7, 11) is 0. The van der Waals surface area contributed by atoms with Gasteiger partial charge in [-0.3, -0.25) is 0 Å². The van der Waals surface area contributed by atoms with Crippen LogP contribution in [-0.2, 0) is 6.42 Å². The summed E-state index contributed by atoms with van der Waals surface area (Å²) < 4.78 is 0. The monoisotopic (exact) mass is 169 g/mol. The first-order chi connectivity index (χ1) is 5.24. The Balaban J connectivity index is 2.66. The second-order valence-corrected chi connectivity index (χ2v) is 4.20. The minimum Gasteiger partial charge on any atom is -0.330 e. The fourth-order valence-corrected chi connectivity index (χ4v) is 2.01. The molecule has 0 spiro atoms. The molecule has 1 rings (SSSR count). The smallest absolute Gasteiger partial charge is 0.00736 e. The maximum atomic E-state index is 5.45. The van der Waals surface area contributed by atoms with Gasteiger partial charge in [0.1, 0.15) is 0 Å². The van der Waals surface area contributed by atoms with Crippen molar-refractivity contribution in [1.82, 2.24) is 0 Å². The predicted molar refractivity (Wildman–Crippen MR) is 51.2 cm³/mol. The largest absolute Gasteiger partial charge is 0.330 e. The second-order valence-electron chi connectivity index (χ2n) is 3.00. The van der Waals surface area contributed by atoms with E-state index in [1.165, 1.54) is 9.75 Å². The van der Waals surface area contributed by atoms with Crippen molar-refractivity contribution in [3.8, 4) is 0 Å². The van der Waals surface area contributed by atoms with E-state index in [-0.39, 0.29) is 0 Å². The first-order valence-electron chi connectivity index (χ1n) is 4.02. The molecule has 1 aromatic rings. The number of hydrogen-bond acceptors (Lipinski definition) is 2. The molecule has 0 aliphatic heterocycles. The van der Waals surface area contributed by atoms with Crippen molar-refractivity contribution in [2.45, 2.75) is 26.2 Å². The molecule has 0 fully saturated rings. The first-order valence-corrected chi connectivity index (χ1v) is 4.84. The van der Waals surface area contributed by atoms with Crippen LogP contribution >= 0.6 is 11.3 Å². The van der Waals surface area contributed by atoms with Gasteiger partial charge in [0.15, 0.2) is 0 Å². The van der Waals surface area contributed by atoms with E-state index >= 15 is 0 Å². The maximum absolute atomic E-state index is 5.45. The van der Waals surface area contributed by atoms with Crippen molar-refractivity contribution in [3.63, 3.8) is 0 Å². The van der Waals surface area contributed by atoms with Crippen LogP contribution in [0.2, 0.25) is 0 Å². The van der Waals surface area contributed by atoms with E-state index in [0.29, 0.717) is 5.92 Å². The summed E-state index contributed by atoms with van der Waals surface area (Å²) in [5.74, 6) is 0.659. The molecular weight excluding hydrogens is 154 g/mol. The summed E-state index contributed by atoms with van der Waals surface area (Å²) >= 11 is 1.89. The van der Waals surface area contributed by atoms with Crippen LogP contribution in [0.15, 0.2) is 12.1 Å². The van der Waals surface area contributed by atoms with Gasteiger partial charge >= 0.3 is 0 Å². The zero-order chi connectivity index (χ0) is 8.27. The van der Waals surface area contributed by atoms with Gasteiger partial charge in [0.2, 0.25) is 0 Å². The molecule has 0 aliphatic rings. The molecule has 2 heteroatoms. The van der Waals surface area contributed by atoms with Gasteiger partial charge in [-0.2, -0.15) is 0 Å². The lowest BCUT2D eigenvalue weighted by Gasteiger charge is -1.97. The average Bonchev–Trinajstić information content (AvgIpc) is 2.37. The molecule has 0 aromatic carbocycles. The quantitative estimate of drug-likeness (QED) is 0.738. The Hall–Kier alpha value is -0.340. The molecule has 2 N–H and O–H groups in total. The van der Waals surface area contributed by atoms with E-state index in [1.807, 2.05) is 11.3 Å². The number of thiophene rings is 1. The van der Waals surface area contributed by atoms with Crippen LogP contribution in [0.25, 0.3) is 0 Å². The fraction of sp³-hybridized carbons (Fsp3) is 0.556. The Morgan fingerprint density at radius 3 is 2.64 bits per heavy atom. The molecule has 1 aromatic heterocycles. The molecule has 1 heterocycles. The molecule has 0 bridgehead atoms. The molecule has 0 radical (unpaired) electrons. The zero-order valence-electron chi connectivity index (χ0n) is 7.13. The number of hydrogen-bond donors (Lipinski definition) is 1. The molecule has 0 saturated heterocycles. The van der Waals surface area contributed by atoms with E-state index in [1.54, 1.807) is 0 Å². The zero-order valence-corrected chi connectivity index (χ0v) is 7.95. The fourth-order valence-electron chi connectivity index (χ4n) is 0.981. The molecule has 11 heavy (non-hydrogen) atoms. The van der Waals surface area contributed by atoms with E-state index in [4.69, 9.17) is 5.73 Å². The Labute approximate surface area is 72.2 Å². The normalized spacial score (nSPS) is 10.9. The first kappa shape index (κ1) is 8.75. The summed E-state index contributed by atoms with van der Waals surface area (Å²) in [4.78, 5) is 2.88. The highest BCUT2D eigenvalue weighted by Gasteiger charge is 2.02. The van der Waals surface area contributed by atoms with Crippen molar-refractivity contribution in [2.24, 2.45) is 5.73 Å². The van der Waals surface area contributed by atoms with Gasteiger partial charge in [-0.15, -0.1) is 11.3 Å². The lowest BCUT2D eigenvalue weighted by atomic mass is 10.2. The van der Waals surface area contributed by atoms with Crippen LogP contribution in [-0.4, -0.2) is 6.54 Å². The lowest BCUT2D eigenvalue weighted by Crippen LogP contribution is -2.00. The van der Waals surface area contributed by atoms with E-state index in [0.717, 1.165) is 13.0 Å². The standard InChI is InChI=1S/C9H15NS/c1-7(2)9-4-3-8(11-9)5-6-10/h3-4,7H,5-6,10H2,1-2H3. The number of rotatable bonds is 3. The third kappa shape index (κ3) is 2.31. The molecule has 0 saturated carbocycles. The molecule has 1 nitrogen and oxygen atoms in total. The van der Waals surface area contributed by atoms with Gasteiger partial charge in [0, 0.05) is 9.75 Å². The van der Waals surface area contributed by atoms with Crippen molar-refractivity contribution < 1.29 is 0 Å². The summed E-state index contributed by atoms with van der Waals surface area (Å²) in [5, 5.41) is 0. The molecule has 0 atom stereocenters. The van der Waals surface area contributed by atoms with Gasteiger partial charge in [-0.05, 0) is 31.0 Å². The summed E-state index contributed by atoms with van der Waals surface area (Å²) in [6.45, 7) is 5.20. The topological polar surface area (TPSA) is 26.0 Å². The lowest BCUT2D eigenvalue weighted by molar-refractivity contribution is 0.890. The van der Waals surface area contributed by atoms with Gasteiger partial charge in [-0.1, -0.05) is 13.8 Å². The second kappa shape index (κ2) is 3.88. The third-order valence-corrected chi connectivity index (χ3v) is 3.09. The molecule has 62 valence electrons. The SMILES string of the molecule is CC(C)c1ccc(CCN)s1. The molecular formula is C9H15NS. The van der Waals surface area contributed by atoms with Crippen LogP contribution in [0.4, 0.5) is 0 Å². The minimum atomic E-state index is 0.659. The maximum Gasteiger partial charge on any atom is 0.00736 e. The van der Waals surface area contributed by atoms with Crippen molar-refractivity contribution in [2.75, 3.05) is 6.54 Å². The summed E-state index contributed by atoms with van der Waals surface area (Å²) in [6.07, 6.45) is 1.03. The molecule has 0 amide bonds. The Bertz CT molecular complexity index is 215. The van der Waals surface area contributed by atoms with Crippen molar-refractivity contribution in [1.29, 1.82) is 0 Å². The summed E-state index contributed by atoms with van der Waals surface area (Å²) in [5.41, 5.74) is 5.45. The Morgan fingerprint density at radius 1 is 1.45 bits per heavy atom. The summed E-state index contributed by atoms with van der Waals surface area (Å²) in [6, 6.07) is 4.40. The van der Waals surface area contributed by atoms with Gasteiger partial charge in [0.05, 0.1) is 0 Å². The molecule has 0 aliphatic carbocycles. The van der Waals surface area contributed by atoms with Gasteiger partial charge in [0.25, 0.3) is 0 Å². The minimum absolute atomic E-state index is 0.659. The van der Waals surface area contributed by atoms with Crippen LogP contribution < -0.4 is 5.73 Å². The predicted octanol–water partition coefficient (Wildman–Crippen LogP) is 2.37. The van der Waals surface area contributed by atoms with Gasteiger partial charge in [-0.25, -0.2) is 0 Å². The van der Waals surface area contributed by atoms with Crippen molar-refractivity contribution in [3.05, 3.63) is 21.9 Å². The van der Waals surface area contributed by atoms with E-state index < -0.39 is 0 Å². The van der Waals surface area contributed by atoms with E-state index in [2.05, 4.69) is 26.0 Å². The highest BCUT2D eigenvalue weighted by Crippen LogP contribution is 2.24. The van der Waals surface area contributed by atoms with E-state index in [9.17, 15) is 0 Å². The molecule has 0 unspecified atom stereocenters. The Morgan fingerprint density at radius 2 is 2.18 bits per heavy atom. The van der Waals surface area contributed by atoms with Crippen LogP contribution in [0.1, 0.15) is 29.5 Å². The number of nitrogens with two attached hydrogens (primary N) is 1. The highest BCUT2D eigenvalue weighted by atomic mass is 32.1. The highest BCUT2D eigenvalue weighted by molar-refractivity contribution is 7.12. The van der Waals surface area contributed by atoms with Crippen molar-refractivity contribution >= 4 is 11.3 Å². The van der Waals surface area contributed by atoms with Crippen LogP contribution in [0, 0.1) is 0 Å². The van der Waals surface area contributed by atoms with Gasteiger partial charge < -0.3 is 5.73 Å². The third-order valence-electron chi connectivity index (χ3n) is 1.64. The van der Waals surface area contributed by atoms with Crippen LogP contribution in [0.5, 0.6) is 0 Å². The Kier molecular flexibility index (Phi) is 3.09. The average molecular weight is 169 g/mol.